The first-order valence-corrected chi connectivity index (χ1v) is 7.64. The number of aromatic nitrogens is 2. The maximum Gasteiger partial charge on any atom is 0.308 e. The molecule has 2 N–H and O–H groups in total. The minimum atomic E-state index is -0.958. The summed E-state index contributed by atoms with van der Waals surface area (Å²) in [5.74, 6) is -2.03. The van der Waals surface area contributed by atoms with E-state index in [0.717, 1.165) is 18.5 Å². The molecule has 6 nitrogen and oxygen atoms in total. The fourth-order valence-corrected chi connectivity index (χ4v) is 2.36. The number of hydrogen-bond donors (Lipinski definition) is 2. The van der Waals surface area contributed by atoms with Crippen molar-refractivity contribution in [1.82, 2.24) is 15.1 Å². The average molecular weight is 315 g/mol. The Kier molecular flexibility index (Phi) is 5.51. The van der Waals surface area contributed by atoms with Crippen LogP contribution in [0.1, 0.15) is 42.2 Å². The zero-order chi connectivity index (χ0) is 16.8. The second kappa shape index (κ2) is 7.58. The van der Waals surface area contributed by atoms with E-state index in [1.165, 1.54) is 6.20 Å². The zero-order valence-electron chi connectivity index (χ0n) is 13.3. The normalized spacial score (nSPS) is 13.3. The van der Waals surface area contributed by atoms with Crippen LogP contribution in [-0.4, -0.2) is 26.8 Å². The lowest BCUT2D eigenvalue weighted by Gasteiger charge is -2.22. The lowest BCUT2D eigenvalue weighted by molar-refractivity contribution is -0.142. The van der Waals surface area contributed by atoms with E-state index in [1.807, 2.05) is 37.3 Å². The largest absolute Gasteiger partial charge is 0.481 e. The first-order chi connectivity index (χ1) is 11.0. The molecule has 2 atom stereocenters. The maximum absolute atomic E-state index is 12.4. The second-order valence-corrected chi connectivity index (χ2v) is 5.48. The molecule has 0 saturated heterocycles. The number of carboxylic acids is 1. The Labute approximate surface area is 135 Å². The molecular formula is C17H21N3O3. The Morgan fingerprint density at radius 1 is 1.30 bits per heavy atom. The minimum absolute atomic E-state index is 0.325. The van der Waals surface area contributed by atoms with Crippen molar-refractivity contribution in [3.63, 3.8) is 0 Å². The summed E-state index contributed by atoms with van der Waals surface area (Å²) < 4.78 is 1.70. The van der Waals surface area contributed by atoms with Gasteiger partial charge in [-0.1, -0.05) is 37.3 Å². The van der Waals surface area contributed by atoms with Crippen molar-refractivity contribution in [2.45, 2.75) is 32.9 Å². The van der Waals surface area contributed by atoms with Crippen molar-refractivity contribution in [2.24, 2.45) is 5.92 Å². The molecule has 0 aliphatic carbocycles. The number of carbonyl (C=O) groups excluding carboxylic acids is 1. The summed E-state index contributed by atoms with van der Waals surface area (Å²) >= 11 is 0. The molecule has 2 aromatic rings. The van der Waals surface area contributed by atoms with Gasteiger partial charge in [0.2, 0.25) is 0 Å². The van der Waals surface area contributed by atoms with Gasteiger partial charge >= 0.3 is 5.97 Å². The van der Waals surface area contributed by atoms with Crippen LogP contribution in [0, 0.1) is 5.92 Å². The van der Waals surface area contributed by atoms with Crippen LogP contribution in [0.3, 0.4) is 0 Å². The summed E-state index contributed by atoms with van der Waals surface area (Å²) in [6, 6.07) is 8.51. The molecule has 1 aromatic carbocycles. The minimum Gasteiger partial charge on any atom is -0.481 e. The van der Waals surface area contributed by atoms with Crippen molar-refractivity contribution in [1.29, 1.82) is 0 Å². The quantitative estimate of drug-likeness (QED) is 0.822. The average Bonchev–Trinajstić information content (AvgIpc) is 3.01. The summed E-state index contributed by atoms with van der Waals surface area (Å²) in [5.41, 5.74) is 1.19. The predicted molar refractivity (Wildman–Crippen MR) is 86.0 cm³/mol. The standard InChI is InChI=1S/C17H21N3O3/c1-3-9-20-11-14(10-18-20)16(21)19-15(12(2)17(22)23)13-7-5-4-6-8-13/h4-8,10-12,15H,3,9H2,1-2H3,(H,19,21)(H,22,23). The van der Waals surface area contributed by atoms with E-state index < -0.39 is 17.9 Å². The Hall–Kier alpha value is -2.63. The van der Waals surface area contributed by atoms with Gasteiger partial charge in [0, 0.05) is 12.7 Å². The van der Waals surface area contributed by atoms with Crippen LogP contribution >= 0.6 is 0 Å². The molecule has 122 valence electrons. The Morgan fingerprint density at radius 2 is 2.00 bits per heavy atom. The fourth-order valence-electron chi connectivity index (χ4n) is 2.36. The van der Waals surface area contributed by atoms with Crippen LogP contribution < -0.4 is 5.32 Å². The second-order valence-electron chi connectivity index (χ2n) is 5.48. The van der Waals surface area contributed by atoms with Crippen LogP contribution in [0.4, 0.5) is 0 Å². The van der Waals surface area contributed by atoms with Crippen LogP contribution in [0.15, 0.2) is 42.7 Å². The van der Waals surface area contributed by atoms with E-state index in [-0.39, 0.29) is 5.91 Å². The van der Waals surface area contributed by atoms with Gasteiger partial charge in [-0.15, -0.1) is 0 Å². The van der Waals surface area contributed by atoms with Gasteiger partial charge in [-0.05, 0) is 18.9 Å². The molecular weight excluding hydrogens is 294 g/mol. The highest BCUT2D eigenvalue weighted by atomic mass is 16.4. The van der Waals surface area contributed by atoms with Crippen molar-refractivity contribution in [3.8, 4) is 0 Å². The van der Waals surface area contributed by atoms with Crippen LogP contribution in [0.2, 0.25) is 0 Å². The number of nitrogens with one attached hydrogen (secondary N) is 1. The topological polar surface area (TPSA) is 84.2 Å². The van der Waals surface area contributed by atoms with Gasteiger partial charge in [-0.25, -0.2) is 0 Å². The van der Waals surface area contributed by atoms with E-state index >= 15 is 0 Å². The fraction of sp³-hybridized carbons (Fsp3) is 0.353. The van der Waals surface area contributed by atoms with Crippen molar-refractivity contribution in [3.05, 3.63) is 53.9 Å². The summed E-state index contributed by atoms with van der Waals surface area (Å²) in [6.07, 6.45) is 4.09. The van der Waals surface area contributed by atoms with Gasteiger partial charge in [0.1, 0.15) is 0 Å². The lowest BCUT2D eigenvalue weighted by atomic mass is 9.94. The number of aliphatic carboxylic acids is 1. The van der Waals surface area contributed by atoms with Crippen molar-refractivity contribution >= 4 is 11.9 Å². The molecule has 0 radical (unpaired) electrons. The van der Waals surface area contributed by atoms with Gasteiger partial charge in [0.05, 0.1) is 23.7 Å². The first-order valence-electron chi connectivity index (χ1n) is 7.64. The third-order valence-corrected chi connectivity index (χ3v) is 3.68. The summed E-state index contributed by atoms with van der Waals surface area (Å²) in [4.78, 5) is 23.8. The molecule has 6 heteroatoms. The molecule has 0 aliphatic rings. The number of amides is 1. The number of carbonyl (C=O) groups is 2. The SMILES string of the molecule is CCCn1cc(C(=O)NC(c2ccccc2)C(C)C(=O)O)cn1. The van der Waals surface area contributed by atoms with Gasteiger partial charge in [0.15, 0.2) is 0 Å². The number of benzene rings is 1. The Bertz CT molecular complexity index is 667. The van der Waals surface area contributed by atoms with Crippen molar-refractivity contribution < 1.29 is 14.7 Å². The molecule has 1 aromatic heterocycles. The van der Waals surface area contributed by atoms with Crippen LogP contribution in [0.5, 0.6) is 0 Å². The van der Waals surface area contributed by atoms with Crippen molar-refractivity contribution in [2.75, 3.05) is 0 Å². The number of hydrogen-bond acceptors (Lipinski definition) is 3. The monoisotopic (exact) mass is 315 g/mol. The van der Waals surface area contributed by atoms with E-state index in [2.05, 4.69) is 10.4 Å². The summed E-state index contributed by atoms with van der Waals surface area (Å²) in [5, 5.41) is 16.2. The molecule has 0 spiro atoms. The molecule has 0 fully saturated rings. The third-order valence-electron chi connectivity index (χ3n) is 3.68. The summed E-state index contributed by atoms with van der Waals surface area (Å²) in [6.45, 7) is 4.35. The highest BCUT2D eigenvalue weighted by Crippen LogP contribution is 2.22. The van der Waals surface area contributed by atoms with Gasteiger partial charge in [-0.2, -0.15) is 5.10 Å². The molecule has 0 saturated carbocycles. The molecule has 23 heavy (non-hydrogen) atoms. The maximum atomic E-state index is 12.4. The molecule has 1 heterocycles. The van der Waals surface area contributed by atoms with Gasteiger partial charge < -0.3 is 10.4 Å². The van der Waals surface area contributed by atoms with Gasteiger partial charge in [-0.3, -0.25) is 14.3 Å². The smallest absolute Gasteiger partial charge is 0.308 e. The Morgan fingerprint density at radius 3 is 2.61 bits per heavy atom. The molecule has 2 rings (SSSR count). The number of rotatable bonds is 7. The van der Waals surface area contributed by atoms with Crippen LogP contribution in [0.25, 0.3) is 0 Å². The number of carboxylic acid groups (broad SMARTS) is 1. The third kappa shape index (κ3) is 4.18. The van der Waals surface area contributed by atoms with E-state index in [9.17, 15) is 14.7 Å². The number of nitrogens with zero attached hydrogens (tertiary/aromatic N) is 2. The predicted octanol–water partition coefficient (Wildman–Crippen LogP) is 2.48. The number of aryl methyl sites for hydroxylation is 1. The van der Waals surface area contributed by atoms with Crippen LogP contribution in [-0.2, 0) is 11.3 Å². The Balaban J connectivity index is 2.19. The zero-order valence-corrected chi connectivity index (χ0v) is 13.3. The summed E-state index contributed by atoms with van der Waals surface area (Å²) in [7, 11) is 0. The molecule has 0 aliphatic heterocycles. The molecule has 2 unspecified atom stereocenters. The van der Waals surface area contributed by atoms with E-state index in [0.29, 0.717) is 5.56 Å². The first kappa shape index (κ1) is 16.7. The lowest BCUT2D eigenvalue weighted by Crippen LogP contribution is -2.35. The van der Waals surface area contributed by atoms with E-state index in [1.54, 1.807) is 17.8 Å². The molecule has 0 bridgehead atoms. The van der Waals surface area contributed by atoms with E-state index in [4.69, 9.17) is 0 Å². The highest BCUT2D eigenvalue weighted by molar-refractivity contribution is 5.94. The van der Waals surface area contributed by atoms with Gasteiger partial charge in [0.25, 0.3) is 5.91 Å². The highest BCUT2D eigenvalue weighted by Gasteiger charge is 2.27. The molecule has 1 amide bonds.